The van der Waals surface area contributed by atoms with Gasteiger partial charge < -0.3 is 13.3 Å². The molecular formula is C43H25ClF9N9O6S6. The van der Waals surface area contributed by atoms with Crippen LogP contribution in [0.4, 0.5) is 57.6 Å². The number of thioether (sulfide) groups is 3. The second-order valence-corrected chi connectivity index (χ2v) is 21.2. The van der Waals surface area contributed by atoms with Crippen LogP contribution >= 0.6 is 80.9 Å². The zero-order valence-corrected chi connectivity index (χ0v) is 42.0. The summed E-state index contributed by atoms with van der Waals surface area (Å²) in [5, 5.41) is 31.4. The van der Waals surface area contributed by atoms with Crippen molar-refractivity contribution in [2.24, 2.45) is 0 Å². The summed E-state index contributed by atoms with van der Waals surface area (Å²) in [5.74, 6) is -1.25. The molecule has 31 heteroatoms. The van der Waals surface area contributed by atoms with Gasteiger partial charge in [0.05, 0.1) is 19.0 Å². The molecule has 384 valence electrons. The predicted molar refractivity (Wildman–Crippen MR) is 262 cm³/mol. The SMILES string of the molecule is Cc1ccc(-c2nnc(NC(=O)c3cccc(SC(F)(F)F)c3)o2)s1.O=C(Nc1nnc(-c2ccc(Cl)s2)o1)c1cccc(SC(F)(F)F)c1.O=C(Nc1nnc(-c2cccs2)o1)c1cccc(SC(F)(F)F)c1. The third kappa shape index (κ3) is 16.9. The molecular weight excluding hydrogens is 1140 g/mol. The third-order valence-corrected chi connectivity index (χ3v) is 13.6. The fourth-order valence-electron chi connectivity index (χ4n) is 5.51. The van der Waals surface area contributed by atoms with E-state index in [1.54, 1.807) is 18.2 Å². The number of aromatic nitrogens is 6. The molecule has 3 amide bonds. The second kappa shape index (κ2) is 24.1. The van der Waals surface area contributed by atoms with Crippen molar-refractivity contribution in [1.82, 2.24) is 30.6 Å². The molecule has 0 saturated carbocycles. The van der Waals surface area contributed by atoms with Crippen molar-refractivity contribution in [2.75, 3.05) is 16.0 Å². The van der Waals surface area contributed by atoms with Crippen molar-refractivity contribution in [1.29, 1.82) is 0 Å². The molecule has 15 nitrogen and oxygen atoms in total. The van der Waals surface area contributed by atoms with E-state index in [1.807, 2.05) is 30.5 Å². The number of alkyl halides is 9. The van der Waals surface area contributed by atoms with Crippen molar-refractivity contribution >= 4 is 117 Å². The Bertz CT molecular complexity index is 3210. The van der Waals surface area contributed by atoms with Gasteiger partial charge in [-0.3, -0.25) is 30.3 Å². The Morgan fingerprint density at radius 3 is 1.19 bits per heavy atom. The maximum atomic E-state index is 12.4. The quantitative estimate of drug-likeness (QED) is 0.0769. The average molecular weight is 1160 g/mol. The molecule has 0 bridgehead atoms. The Balaban J connectivity index is 0.000000162. The number of nitrogens with one attached hydrogen (secondary N) is 3. The Kier molecular flexibility index (Phi) is 17.9. The number of hydrogen-bond acceptors (Lipinski definition) is 18. The lowest BCUT2D eigenvalue weighted by atomic mass is 10.2. The molecule has 6 aromatic heterocycles. The first-order chi connectivity index (χ1) is 35.0. The van der Waals surface area contributed by atoms with Crippen molar-refractivity contribution < 1.29 is 67.1 Å². The number of benzene rings is 3. The maximum Gasteiger partial charge on any atom is 0.446 e. The number of thiophene rings is 3. The number of carbonyl (C=O) groups is 3. The zero-order valence-electron chi connectivity index (χ0n) is 36.3. The van der Waals surface area contributed by atoms with Gasteiger partial charge in [-0.15, -0.1) is 49.3 Å². The van der Waals surface area contributed by atoms with E-state index in [2.05, 4.69) is 46.5 Å². The van der Waals surface area contributed by atoms with Gasteiger partial charge in [0.25, 0.3) is 35.4 Å². The molecule has 0 fully saturated rings. The summed E-state index contributed by atoms with van der Waals surface area (Å²) in [4.78, 5) is 39.3. The minimum absolute atomic E-state index is 0.0353. The van der Waals surface area contributed by atoms with Gasteiger partial charge in [-0.1, -0.05) is 51.2 Å². The number of hydrogen-bond donors (Lipinski definition) is 3. The zero-order chi connectivity index (χ0) is 53.2. The first-order valence-corrected chi connectivity index (χ1v) is 25.2. The summed E-state index contributed by atoms with van der Waals surface area (Å²) in [6.45, 7) is 1.93. The lowest BCUT2D eigenvalue weighted by Gasteiger charge is -2.07. The molecule has 6 heterocycles. The molecule has 0 atom stereocenters. The standard InChI is InChI=1S/C15H10F3N3O2S2.C14H7ClF3N3O2S2.C14H8F3N3O2S2/c1-8-5-6-11(24-8)13-20-21-14(23-13)19-12(22)9-3-2-4-10(7-9)25-15(16,17)18;15-10-5-4-9(24-10)12-20-21-13(23-12)19-11(22)7-2-1-3-8(6-7)25-14(16,17)18;15-14(16,17)24-9-4-1-3-8(7-9)11(21)18-13-20-19-12(22-13)10-5-2-6-23-10/h2-7H,1H3,(H,19,21,22);1-6H,(H,19,21,22);1-7H,(H,18,20,21). The van der Waals surface area contributed by atoms with Crippen LogP contribution in [0.5, 0.6) is 0 Å². The molecule has 0 unspecified atom stereocenters. The van der Waals surface area contributed by atoms with Gasteiger partial charge >= 0.3 is 34.6 Å². The van der Waals surface area contributed by atoms with E-state index in [-0.39, 0.29) is 102 Å². The number of aryl methyl sites for hydroxylation is 1. The van der Waals surface area contributed by atoms with Gasteiger partial charge in [-0.2, -0.15) is 39.5 Å². The van der Waals surface area contributed by atoms with Crippen LogP contribution in [0.25, 0.3) is 32.3 Å². The highest BCUT2D eigenvalue weighted by atomic mass is 35.5. The van der Waals surface area contributed by atoms with Crippen molar-refractivity contribution in [2.45, 2.75) is 38.1 Å². The molecule has 0 aliphatic carbocycles. The molecule has 0 aliphatic rings. The highest BCUT2D eigenvalue weighted by Gasteiger charge is 2.31. The molecule has 0 aliphatic heterocycles. The van der Waals surface area contributed by atoms with Crippen LogP contribution in [0.2, 0.25) is 4.34 Å². The highest BCUT2D eigenvalue weighted by Crippen LogP contribution is 2.39. The smallest absolute Gasteiger partial charge is 0.402 e. The number of rotatable bonds is 12. The molecule has 74 heavy (non-hydrogen) atoms. The molecule has 9 aromatic rings. The van der Waals surface area contributed by atoms with Crippen LogP contribution < -0.4 is 16.0 Å². The number of anilines is 3. The Morgan fingerprint density at radius 2 is 0.865 bits per heavy atom. The van der Waals surface area contributed by atoms with Gasteiger partial charge in [0.2, 0.25) is 0 Å². The fourth-order valence-corrected chi connectivity index (χ4v) is 9.71. The van der Waals surface area contributed by atoms with E-state index in [4.69, 9.17) is 24.9 Å². The van der Waals surface area contributed by atoms with E-state index in [1.165, 1.54) is 88.6 Å². The van der Waals surface area contributed by atoms with Crippen molar-refractivity contribution in [3.63, 3.8) is 0 Å². The monoisotopic (exact) mass is 1160 g/mol. The Hall–Kier alpha value is -6.70. The Morgan fingerprint density at radius 1 is 0.486 bits per heavy atom. The van der Waals surface area contributed by atoms with Crippen LogP contribution in [-0.4, -0.2) is 64.8 Å². The molecule has 3 aromatic carbocycles. The normalized spacial score (nSPS) is 11.5. The molecule has 0 spiro atoms. The average Bonchev–Trinajstić information content (AvgIpc) is 4.19. The summed E-state index contributed by atoms with van der Waals surface area (Å²) in [6, 6.07) is 25.7. The molecule has 3 N–H and O–H groups in total. The molecule has 0 radical (unpaired) electrons. The van der Waals surface area contributed by atoms with E-state index in [9.17, 15) is 53.9 Å². The topological polar surface area (TPSA) is 204 Å². The van der Waals surface area contributed by atoms with Crippen LogP contribution in [0, 0.1) is 6.92 Å². The first kappa shape index (κ1) is 55.1. The third-order valence-electron chi connectivity index (χ3n) is 8.39. The number of carbonyl (C=O) groups excluding carboxylic acids is 3. The van der Waals surface area contributed by atoms with Crippen LogP contribution in [0.15, 0.2) is 143 Å². The van der Waals surface area contributed by atoms with E-state index in [0.29, 0.717) is 9.21 Å². The molecule has 9 rings (SSSR count). The summed E-state index contributed by atoms with van der Waals surface area (Å²) >= 11 is 9.02. The largest absolute Gasteiger partial charge is 0.446 e. The Labute approximate surface area is 438 Å². The number of amides is 3. The van der Waals surface area contributed by atoms with E-state index >= 15 is 0 Å². The van der Waals surface area contributed by atoms with Gasteiger partial charge in [0.1, 0.15) is 0 Å². The summed E-state index contributed by atoms with van der Waals surface area (Å²) in [7, 11) is 0. The van der Waals surface area contributed by atoms with Gasteiger partial charge in [0, 0.05) is 36.3 Å². The predicted octanol–water partition coefficient (Wildman–Crippen LogP) is 14.9. The summed E-state index contributed by atoms with van der Waals surface area (Å²) < 4.78 is 128. The second-order valence-electron chi connectivity index (χ2n) is 13.8. The minimum atomic E-state index is -4.43. The van der Waals surface area contributed by atoms with Gasteiger partial charge in [-0.25, -0.2) is 0 Å². The maximum absolute atomic E-state index is 12.4. The van der Waals surface area contributed by atoms with Gasteiger partial charge in [-0.05, 0) is 133 Å². The summed E-state index contributed by atoms with van der Waals surface area (Å²) in [6.07, 6.45) is 0. The van der Waals surface area contributed by atoms with Crippen LogP contribution in [0.3, 0.4) is 0 Å². The van der Waals surface area contributed by atoms with Crippen molar-refractivity contribution in [3.05, 3.63) is 140 Å². The fraction of sp³-hybridized carbons (Fsp3) is 0.0930. The molecule has 0 saturated heterocycles. The first-order valence-electron chi connectivity index (χ1n) is 19.9. The van der Waals surface area contributed by atoms with E-state index < -0.39 is 34.2 Å². The van der Waals surface area contributed by atoms with Crippen molar-refractivity contribution in [3.8, 4) is 32.3 Å². The lowest BCUT2D eigenvalue weighted by molar-refractivity contribution is -0.0337. The van der Waals surface area contributed by atoms with Crippen LogP contribution in [0.1, 0.15) is 36.0 Å². The lowest BCUT2D eigenvalue weighted by Crippen LogP contribution is -2.12. The highest BCUT2D eigenvalue weighted by molar-refractivity contribution is 8.00. The minimum Gasteiger partial charge on any atom is -0.402 e. The summed E-state index contributed by atoms with van der Waals surface area (Å²) in [5.41, 5.74) is -13.1. The van der Waals surface area contributed by atoms with Gasteiger partial charge in [0.15, 0.2) is 0 Å². The number of halogens is 10. The van der Waals surface area contributed by atoms with Crippen LogP contribution in [-0.2, 0) is 0 Å². The number of nitrogens with zero attached hydrogens (tertiary/aromatic N) is 6. The van der Waals surface area contributed by atoms with E-state index in [0.717, 1.165) is 32.8 Å².